The van der Waals surface area contributed by atoms with Gasteiger partial charge in [-0.05, 0) is 38.3 Å². The Balaban J connectivity index is 1.86. The van der Waals surface area contributed by atoms with E-state index in [1.54, 1.807) is 12.1 Å². The Morgan fingerprint density at radius 2 is 1.93 bits per heavy atom. The Labute approximate surface area is 159 Å². The topological polar surface area (TPSA) is 97.4 Å². The van der Waals surface area contributed by atoms with E-state index in [-0.39, 0.29) is 5.69 Å². The summed E-state index contributed by atoms with van der Waals surface area (Å²) in [5.41, 5.74) is 3.23. The second kappa shape index (κ2) is 10.3. The highest BCUT2D eigenvalue weighted by Gasteiger charge is 2.04. The molecule has 2 rings (SSSR count). The van der Waals surface area contributed by atoms with E-state index < -0.39 is 4.92 Å². The molecule has 1 aromatic heterocycles. The number of guanidine groups is 1. The van der Waals surface area contributed by atoms with Crippen molar-refractivity contribution in [2.75, 3.05) is 13.1 Å². The molecule has 146 valence electrons. The molecule has 1 heterocycles. The van der Waals surface area contributed by atoms with Gasteiger partial charge in [-0.15, -0.1) is 0 Å². The second-order valence-electron chi connectivity index (χ2n) is 6.45. The molecule has 0 aliphatic carbocycles. The lowest BCUT2D eigenvalue weighted by Gasteiger charge is -2.12. The van der Waals surface area contributed by atoms with Gasteiger partial charge in [-0.2, -0.15) is 5.10 Å². The van der Waals surface area contributed by atoms with Gasteiger partial charge in [-0.25, -0.2) is 4.99 Å². The van der Waals surface area contributed by atoms with Gasteiger partial charge in [-0.1, -0.05) is 19.1 Å². The monoisotopic (exact) mass is 372 g/mol. The third-order valence-electron chi connectivity index (χ3n) is 4.05. The van der Waals surface area contributed by atoms with Crippen molar-refractivity contribution in [3.8, 4) is 0 Å². The molecule has 0 unspecified atom stereocenters. The zero-order valence-corrected chi connectivity index (χ0v) is 16.2. The lowest BCUT2D eigenvalue weighted by molar-refractivity contribution is -0.384. The number of nitro groups is 1. The first-order valence-corrected chi connectivity index (χ1v) is 9.26. The highest BCUT2D eigenvalue weighted by atomic mass is 16.6. The summed E-state index contributed by atoms with van der Waals surface area (Å²) in [6.07, 6.45) is 1.94. The van der Waals surface area contributed by atoms with Crippen molar-refractivity contribution < 1.29 is 4.92 Å². The number of hydrogen-bond donors (Lipinski definition) is 2. The Bertz CT molecular complexity index is 767. The summed E-state index contributed by atoms with van der Waals surface area (Å²) < 4.78 is 2.02. The molecule has 0 bridgehead atoms. The lowest BCUT2D eigenvalue weighted by atomic mass is 10.2. The number of benzene rings is 1. The van der Waals surface area contributed by atoms with Gasteiger partial charge in [0.1, 0.15) is 0 Å². The van der Waals surface area contributed by atoms with Crippen molar-refractivity contribution in [3.05, 3.63) is 57.4 Å². The van der Waals surface area contributed by atoms with Crippen LogP contribution in [0.5, 0.6) is 0 Å². The number of nitro benzene ring substituents is 1. The second-order valence-corrected chi connectivity index (χ2v) is 6.45. The minimum Gasteiger partial charge on any atom is -0.356 e. The highest BCUT2D eigenvalue weighted by molar-refractivity contribution is 5.79. The lowest BCUT2D eigenvalue weighted by Crippen LogP contribution is -2.38. The third-order valence-corrected chi connectivity index (χ3v) is 4.05. The van der Waals surface area contributed by atoms with Crippen LogP contribution < -0.4 is 10.6 Å². The van der Waals surface area contributed by atoms with Gasteiger partial charge in [0.2, 0.25) is 0 Å². The maximum absolute atomic E-state index is 10.7. The van der Waals surface area contributed by atoms with Crippen LogP contribution in [0.3, 0.4) is 0 Å². The largest absolute Gasteiger partial charge is 0.356 e. The van der Waals surface area contributed by atoms with Gasteiger partial charge in [0.15, 0.2) is 5.96 Å². The van der Waals surface area contributed by atoms with E-state index in [0.29, 0.717) is 6.54 Å². The minimum absolute atomic E-state index is 0.0920. The fraction of sp³-hybridized carbons (Fsp3) is 0.474. The molecule has 0 aliphatic heterocycles. The molecule has 8 heteroatoms. The van der Waals surface area contributed by atoms with Crippen LogP contribution in [0.4, 0.5) is 5.69 Å². The average molecular weight is 372 g/mol. The summed E-state index contributed by atoms with van der Waals surface area (Å²) in [5.74, 6) is 0.753. The van der Waals surface area contributed by atoms with E-state index in [2.05, 4.69) is 40.6 Å². The van der Waals surface area contributed by atoms with Crippen LogP contribution in [0, 0.1) is 24.0 Å². The van der Waals surface area contributed by atoms with Crippen LogP contribution in [0.25, 0.3) is 0 Å². The molecule has 0 radical (unpaired) electrons. The molecule has 2 N–H and O–H groups in total. The summed E-state index contributed by atoms with van der Waals surface area (Å²) >= 11 is 0. The zero-order chi connectivity index (χ0) is 19.6. The van der Waals surface area contributed by atoms with Gasteiger partial charge in [0, 0.05) is 37.5 Å². The predicted octanol–water partition coefficient (Wildman–Crippen LogP) is 2.94. The fourth-order valence-corrected chi connectivity index (χ4v) is 2.65. The van der Waals surface area contributed by atoms with Crippen molar-refractivity contribution in [1.82, 2.24) is 20.4 Å². The summed E-state index contributed by atoms with van der Waals surface area (Å²) in [6.45, 7) is 9.11. The molecule has 0 aliphatic rings. The zero-order valence-electron chi connectivity index (χ0n) is 16.2. The number of aliphatic imine (C=N–C) groups is 1. The van der Waals surface area contributed by atoms with Gasteiger partial charge in [0.05, 0.1) is 17.2 Å². The van der Waals surface area contributed by atoms with E-state index in [9.17, 15) is 10.1 Å². The quantitative estimate of drug-likeness (QED) is 0.232. The van der Waals surface area contributed by atoms with E-state index in [1.165, 1.54) is 17.8 Å². The number of nitrogens with zero attached hydrogens (tertiary/aromatic N) is 4. The molecule has 0 saturated heterocycles. The third kappa shape index (κ3) is 6.73. The first-order valence-electron chi connectivity index (χ1n) is 9.26. The van der Waals surface area contributed by atoms with Crippen molar-refractivity contribution in [2.45, 2.75) is 46.7 Å². The Morgan fingerprint density at radius 1 is 1.22 bits per heavy atom. The summed E-state index contributed by atoms with van der Waals surface area (Å²) in [4.78, 5) is 14.9. The van der Waals surface area contributed by atoms with Gasteiger partial charge in [-0.3, -0.25) is 14.8 Å². The van der Waals surface area contributed by atoms with Crippen molar-refractivity contribution >= 4 is 11.6 Å². The number of aryl methyl sites for hydroxylation is 3. The molecule has 27 heavy (non-hydrogen) atoms. The van der Waals surface area contributed by atoms with Crippen LogP contribution in [-0.4, -0.2) is 33.8 Å². The molecular weight excluding hydrogens is 344 g/mol. The first-order chi connectivity index (χ1) is 13.0. The molecule has 0 saturated carbocycles. The maximum atomic E-state index is 10.7. The van der Waals surface area contributed by atoms with E-state index in [0.717, 1.165) is 49.7 Å². The number of nitrogens with one attached hydrogen (secondary N) is 2. The highest BCUT2D eigenvalue weighted by Crippen LogP contribution is 2.12. The molecule has 1 aromatic carbocycles. The van der Waals surface area contributed by atoms with E-state index in [4.69, 9.17) is 0 Å². The van der Waals surface area contributed by atoms with E-state index >= 15 is 0 Å². The molecule has 0 atom stereocenters. The minimum atomic E-state index is -0.397. The standard InChI is InChI=1S/C19H28N6O2/c1-4-10-20-19(21-11-5-12-24-16(3)13-15(2)23-24)22-14-17-6-8-18(9-7-17)25(26)27/h6-9,13H,4-5,10-12,14H2,1-3H3,(H2,20,21,22). The molecule has 8 nitrogen and oxygen atoms in total. The number of aromatic nitrogens is 2. The van der Waals surface area contributed by atoms with Crippen LogP contribution in [0.15, 0.2) is 35.3 Å². The Hall–Kier alpha value is -2.90. The first kappa shape index (κ1) is 20.4. The molecule has 0 amide bonds. The maximum Gasteiger partial charge on any atom is 0.269 e. The van der Waals surface area contributed by atoms with Crippen LogP contribution in [0.2, 0.25) is 0 Å². The summed E-state index contributed by atoms with van der Waals surface area (Å²) in [5, 5.41) is 21.8. The van der Waals surface area contributed by atoms with Crippen LogP contribution >= 0.6 is 0 Å². The van der Waals surface area contributed by atoms with Crippen molar-refractivity contribution in [2.24, 2.45) is 4.99 Å². The number of non-ortho nitro benzene ring substituents is 1. The van der Waals surface area contributed by atoms with Crippen molar-refractivity contribution in [1.29, 1.82) is 0 Å². The average Bonchev–Trinajstić information content (AvgIpc) is 2.97. The molecule has 0 fully saturated rings. The Morgan fingerprint density at radius 3 is 2.52 bits per heavy atom. The van der Waals surface area contributed by atoms with Gasteiger partial charge >= 0.3 is 0 Å². The number of rotatable bonds is 9. The molecule has 2 aromatic rings. The summed E-state index contributed by atoms with van der Waals surface area (Å²) in [6, 6.07) is 8.56. The van der Waals surface area contributed by atoms with Gasteiger partial charge < -0.3 is 10.6 Å². The summed E-state index contributed by atoms with van der Waals surface area (Å²) in [7, 11) is 0. The van der Waals surface area contributed by atoms with Gasteiger partial charge in [0.25, 0.3) is 5.69 Å². The smallest absolute Gasteiger partial charge is 0.269 e. The number of hydrogen-bond acceptors (Lipinski definition) is 4. The molecular formula is C19H28N6O2. The van der Waals surface area contributed by atoms with Crippen LogP contribution in [-0.2, 0) is 13.1 Å². The van der Waals surface area contributed by atoms with Crippen LogP contribution in [0.1, 0.15) is 36.7 Å². The SMILES string of the molecule is CCCNC(=NCc1ccc([N+](=O)[O-])cc1)NCCCn1nc(C)cc1C. The Kier molecular flexibility index (Phi) is 7.79. The van der Waals surface area contributed by atoms with Crippen molar-refractivity contribution in [3.63, 3.8) is 0 Å². The fourth-order valence-electron chi connectivity index (χ4n) is 2.65. The predicted molar refractivity (Wildman–Crippen MR) is 107 cm³/mol. The van der Waals surface area contributed by atoms with E-state index in [1.807, 2.05) is 11.6 Å². The molecule has 0 spiro atoms. The normalized spacial score (nSPS) is 11.4.